The normalized spacial score (nSPS) is 14.8. The number of sulfonamides is 1. The Kier molecular flexibility index (Phi) is 6.08. The number of benzene rings is 2. The van der Waals surface area contributed by atoms with Crippen LogP contribution >= 0.6 is 0 Å². The van der Waals surface area contributed by atoms with Crippen molar-refractivity contribution < 1.29 is 13.2 Å². The molecule has 1 amide bonds. The molecule has 2 aromatic rings. The van der Waals surface area contributed by atoms with Crippen molar-refractivity contribution in [2.45, 2.75) is 39.7 Å². The summed E-state index contributed by atoms with van der Waals surface area (Å²) < 4.78 is 26.2. The van der Waals surface area contributed by atoms with Gasteiger partial charge in [0.1, 0.15) is 0 Å². The molecular weight excluding hydrogens is 372 g/mol. The lowest BCUT2D eigenvalue weighted by atomic mass is 10.1. The molecule has 1 aliphatic rings. The average Bonchev–Trinajstić information content (AvgIpc) is 2.68. The molecule has 5 nitrogen and oxygen atoms in total. The van der Waals surface area contributed by atoms with Crippen molar-refractivity contribution in [1.29, 1.82) is 0 Å². The van der Waals surface area contributed by atoms with Crippen LogP contribution < -0.4 is 4.31 Å². The lowest BCUT2D eigenvalue weighted by Crippen LogP contribution is -2.35. The van der Waals surface area contributed by atoms with Crippen molar-refractivity contribution in [2.24, 2.45) is 0 Å². The maximum Gasteiger partial charge on any atom is 0.253 e. The number of rotatable bonds is 5. The third-order valence-corrected chi connectivity index (χ3v) is 6.49. The molecule has 1 saturated heterocycles. The monoisotopic (exact) mass is 400 g/mol. The van der Waals surface area contributed by atoms with Crippen molar-refractivity contribution in [2.75, 3.05) is 23.7 Å². The van der Waals surface area contributed by atoms with Gasteiger partial charge in [0.15, 0.2) is 0 Å². The molecule has 0 aliphatic carbocycles. The molecule has 0 unspecified atom stereocenters. The summed E-state index contributed by atoms with van der Waals surface area (Å²) in [5, 5.41) is 0. The second kappa shape index (κ2) is 8.35. The molecule has 0 bridgehead atoms. The molecule has 0 spiro atoms. The van der Waals surface area contributed by atoms with Gasteiger partial charge >= 0.3 is 0 Å². The predicted octanol–water partition coefficient (Wildman–Crippen LogP) is 3.90. The number of piperidine rings is 1. The van der Waals surface area contributed by atoms with E-state index < -0.39 is 10.0 Å². The highest BCUT2D eigenvalue weighted by molar-refractivity contribution is 7.92. The number of nitrogens with zero attached hydrogens (tertiary/aromatic N) is 2. The first-order valence-corrected chi connectivity index (χ1v) is 11.5. The fourth-order valence-corrected chi connectivity index (χ4v) is 4.36. The van der Waals surface area contributed by atoms with Gasteiger partial charge in [-0.2, -0.15) is 0 Å². The van der Waals surface area contributed by atoms with Crippen molar-refractivity contribution in [1.82, 2.24) is 4.90 Å². The van der Waals surface area contributed by atoms with Gasteiger partial charge < -0.3 is 4.90 Å². The molecule has 0 N–H and O–H groups in total. The Labute approximate surface area is 168 Å². The zero-order valence-electron chi connectivity index (χ0n) is 16.8. The van der Waals surface area contributed by atoms with Gasteiger partial charge in [-0.3, -0.25) is 9.10 Å². The Bertz CT molecular complexity index is 946. The van der Waals surface area contributed by atoms with Crippen LogP contribution in [-0.2, 0) is 16.6 Å². The first-order chi connectivity index (χ1) is 13.3. The molecule has 1 aliphatic heterocycles. The Morgan fingerprint density at radius 3 is 2.18 bits per heavy atom. The van der Waals surface area contributed by atoms with Gasteiger partial charge in [0, 0.05) is 18.7 Å². The van der Waals surface area contributed by atoms with E-state index in [1.54, 1.807) is 12.1 Å². The van der Waals surface area contributed by atoms with Gasteiger partial charge in [0.05, 0.1) is 18.5 Å². The molecule has 28 heavy (non-hydrogen) atoms. The fourth-order valence-electron chi connectivity index (χ4n) is 3.48. The number of hydrogen-bond acceptors (Lipinski definition) is 3. The van der Waals surface area contributed by atoms with Crippen molar-refractivity contribution in [3.8, 4) is 0 Å². The Hall–Kier alpha value is -2.34. The van der Waals surface area contributed by atoms with Crippen molar-refractivity contribution in [3.05, 3.63) is 64.7 Å². The fraction of sp³-hybridized carbons (Fsp3) is 0.409. The van der Waals surface area contributed by atoms with Crippen LogP contribution in [0.2, 0.25) is 0 Å². The number of aryl methyl sites for hydroxylation is 2. The van der Waals surface area contributed by atoms with Crippen LogP contribution in [0.3, 0.4) is 0 Å². The highest BCUT2D eigenvalue weighted by Crippen LogP contribution is 2.24. The molecule has 1 fully saturated rings. The molecule has 0 radical (unpaired) electrons. The Morgan fingerprint density at radius 1 is 0.964 bits per heavy atom. The molecule has 3 rings (SSSR count). The lowest BCUT2D eigenvalue weighted by Gasteiger charge is -2.27. The predicted molar refractivity (Wildman–Crippen MR) is 113 cm³/mol. The van der Waals surface area contributed by atoms with E-state index in [1.165, 1.54) is 17.0 Å². The molecule has 150 valence electrons. The van der Waals surface area contributed by atoms with Crippen LogP contribution in [0.4, 0.5) is 5.69 Å². The van der Waals surface area contributed by atoms with Crippen LogP contribution in [-0.4, -0.2) is 38.6 Å². The summed E-state index contributed by atoms with van der Waals surface area (Å²) in [5.41, 5.74) is 4.33. The third kappa shape index (κ3) is 4.73. The van der Waals surface area contributed by atoms with E-state index in [0.29, 0.717) is 11.3 Å². The van der Waals surface area contributed by atoms with Crippen LogP contribution in [0.15, 0.2) is 42.5 Å². The summed E-state index contributed by atoms with van der Waals surface area (Å²) in [4.78, 5) is 14.5. The summed E-state index contributed by atoms with van der Waals surface area (Å²) >= 11 is 0. The topological polar surface area (TPSA) is 57.7 Å². The number of likely N-dealkylation sites (tertiary alicyclic amines) is 1. The standard InChI is InChI=1S/C22H28N2O3S/c1-17-7-12-21(15-18(17)2)24(28(3,26)27)16-19-8-10-20(11-9-19)22(25)23-13-5-4-6-14-23/h7-12,15H,4-6,13-14,16H2,1-3H3. The van der Waals surface area contributed by atoms with E-state index in [1.807, 2.05) is 49.1 Å². The largest absolute Gasteiger partial charge is 0.339 e. The minimum atomic E-state index is -3.43. The van der Waals surface area contributed by atoms with Gasteiger partial charge in [-0.15, -0.1) is 0 Å². The maximum absolute atomic E-state index is 12.6. The summed E-state index contributed by atoms with van der Waals surface area (Å²) in [5.74, 6) is 0.0559. The van der Waals surface area contributed by atoms with E-state index in [9.17, 15) is 13.2 Å². The van der Waals surface area contributed by atoms with Crippen molar-refractivity contribution >= 4 is 21.6 Å². The van der Waals surface area contributed by atoms with E-state index in [-0.39, 0.29) is 12.5 Å². The molecule has 0 atom stereocenters. The van der Waals surface area contributed by atoms with Crippen LogP contribution in [0.1, 0.15) is 46.3 Å². The third-order valence-electron chi connectivity index (χ3n) is 5.35. The first-order valence-electron chi connectivity index (χ1n) is 9.69. The zero-order valence-corrected chi connectivity index (χ0v) is 17.6. The second-order valence-electron chi connectivity index (χ2n) is 7.59. The number of hydrogen-bond donors (Lipinski definition) is 0. The van der Waals surface area contributed by atoms with Crippen molar-refractivity contribution in [3.63, 3.8) is 0 Å². The molecule has 2 aromatic carbocycles. The summed E-state index contributed by atoms with van der Waals surface area (Å²) in [6.45, 7) is 5.84. The van der Waals surface area contributed by atoms with Gasteiger partial charge in [-0.05, 0) is 74.1 Å². The molecular formula is C22H28N2O3S. The maximum atomic E-state index is 12.6. The minimum Gasteiger partial charge on any atom is -0.339 e. The molecule has 6 heteroatoms. The van der Waals surface area contributed by atoms with E-state index in [4.69, 9.17) is 0 Å². The zero-order chi connectivity index (χ0) is 20.3. The van der Waals surface area contributed by atoms with Gasteiger partial charge in [-0.1, -0.05) is 18.2 Å². The van der Waals surface area contributed by atoms with Crippen LogP contribution in [0.5, 0.6) is 0 Å². The Morgan fingerprint density at radius 2 is 1.61 bits per heavy atom. The first kappa shape index (κ1) is 20.4. The van der Waals surface area contributed by atoms with Crippen LogP contribution in [0, 0.1) is 13.8 Å². The SMILES string of the molecule is Cc1ccc(N(Cc2ccc(C(=O)N3CCCCC3)cc2)S(C)(=O)=O)cc1C. The summed E-state index contributed by atoms with van der Waals surface area (Å²) in [7, 11) is -3.43. The van der Waals surface area contributed by atoms with Crippen LogP contribution in [0.25, 0.3) is 0 Å². The van der Waals surface area contributed by atoms with Gasteiger partial charge in [0.25, 0.3) is 5.91 Å². The quantitative estimate of drug-likeness (QED) is 0.765. The second-order valence-corrected chi connectivity index (χ2v) is 9.49. The number of anilines is 1. The van der Waals surface area contributed by atoms with E-state index in [2.05, 4.69) is 0 Å². The number of carbonyl (C=O) groups excluding carboxylic acids is 1. The molecule has 0 aromatic heterocycles. The molecule has 0 saturated carbocycles. The minimum absolute atomic E-state index is 0.0559. The van der Waals surface area contributed by atoms with Gasteiger partial charge in [-0.25, -0.2) is 8.42 Å². The summed E-state index contributed by atoms with van der Waals surface area (Å²) in [6, 6.07) is 12.9. The lowest BCUT2D eigenvalue weighted by molar-refractivity contribution is 0.0724. The smallest absolute Gasteiger partial charge is 0.253 e. The Balaban J connectivity index is 1.79. The average molecular weight is 401 g/mol. The van der Waals surface area contributed by atoms with E-state index >= 15 is 0 Å². The highest BCUT2D eigenvalue weighted by Gasteiger charge is 2.20. The summed E-state index contributed by atoms with van der Waals surface area (Å²) in [6.07, 6.45) is 4.52. The molecule has 1 heterocycles. The number of carbonyl (C=O) groups is 1. The number of amides is 1. The highest BCUT2D eigenvalue weighted by atomic mass is 32.2. The van der Waals surface area contributed by atoms with Gasteiger partial charge in [0.2, 0.25) is 10.0 Å². The van der Waals surface area contributed by atoms with E-state index in [0.717, 1.165) is 42.6 Å².